The van der Waals surface area contributed by atoms with Crippen LogP contribution in [-0.2, 0) is 71.4 Å². The van der Waals surface area contributed by atoms with Crippen molar-refractivity contribution in [2.75, 3.05) is 19.0 Å². The molecule has 0 N–H and O–H groups in total. The van der Waals surface area contributed by atoms with Gasteiger partial charge >= 0.3 is 35.8 Å². The molecule has 1 fully saturated rings. The van der Waals surface area contributed by atoms with Gasteiger partial charge in [-0.05, 0) is 0 Å². The van der Waals surface area contributed by atoms with E-state index in [4.69, 9.17) is 42.6 Å². The number of carbonyl (C=O) groups excluding carboxylic acids is 6. The highest BCUT2D eigenvalue weighted by Gasteiger charge is 2.59. The monoisotopic (exact) mass is 636 g/mol. The van der Waals surface area contributed by atoms with Crippen LogP contribution in [0.5, 0.6) is 0 Å². The number of halogens is 1. The number of hydrogen-bond donors (Lipinski definition) is 0. The summed E-state index contributed by atoms with van der Waals surface area (Å²) in [5.41, 5.74) is 0. The summed E-state index contributed by atoms with van der Waals surface area (Å²) in [7, 11) is 0. The van der Waals surface area contributed by atoms with Crippen molar-refractivity contribution < 1.29 is 75.8 Å². The fourth-order valence-electron chi connectivity index (χ4n) is 4.71. The maximum atomic E-state index is 15.2. The Hall–Kier alpha value is -3.44. The minimum Gasteiger partial charge on any atom is -0.463 e. The Balaban J connectivity index is 2.07. The van der Waals surface area contributed by atoms with Gasteiger partial charge in [0.2, 0.25) is 12.1 Å². The number of alkyl halides is 1. The first-order valence-corrected chi connectivity index (χ1v) is 14.1. The van der Waals surface area contributed by atoms with E-state index in [1.807, 2.05) is 0 Å². The summed E-state index contributed by atoms with van der Waals surface area (Å²) in [5.74, 6) is -6.72. The topological polar surface area (TPSA) is 185 Å². The second kappa shape index (κ2) is 14.4. The molecule has 1 spiro atoms. The van der Waals surface area contributed by atoms with Crippen LogP contribution >= 0.6 is 11.8 Å². The minimum atomic E-state index is -2.06. The molecule has 0 radical (unpaired) electrons. The standard InChI is InChI=1S/C26H33FO15S/c1-11(28)34-8-18-21(39-16(6)33)23-24(25(27)40-18)43-10-26(42-23)7-17(36-13(3)30)20(38-15(5)32)22(41-26)19(37-14(4)31)9-35-12(2)29/h17-22,25H,7-10H2,1-6H3/t17?,18?,19-,20-,21?,22-,25?,26+/m1/s1. The predicted molar refractivity (Wildman–Crippen MR) is 138 cm³/mol. The molecule has 15 nitrogen and oxygen atoms in total. The van der Waals surface area contributed by atoms with Crippen molar-refractivity contribution in [2.45, 2.75) is 96.7 Å². The Morgan fingerprint density at radius 3 is 2.07 bits per heavy atom. The fraction of sp³-hybridized carbons (Fsp3) is 0.692. The summed E-state index contributed by atoms with van der Waals surface area (Å²) in [6, 6.07) is 0. The summed E-state index contributed by atoms with van der Waals surface area (Å²) in [5, 5.41) is 0. The predicted octanol–water partition coefficient (Wildman–Crippen LogP) is 0.994. The summed E-state index contributed by atoms with van der Waals surface area (Å²) >= 11 is 0.889. The molecule has 3 rings (SSSR count). The third-order valence-electron chi connectivity index (χ3n) is 6.13. The van der Waals surface area contributed by atoms with E-state index in [0.717, 1.165) is 53.3 Å². The van der Waals surface area contributed by atoms with Crippen molar-refractivity contribution in [3.8, 4) is 0 Å². The second-order valence-corrected chi connectivity index (χ2v) is 10.8. The van der Waals surface area contributed by atoms with Crippen LogP contribution < -0.4 is 0 Å². The molecule has 17 heteroatoms. The third kappa shape index (κ3) is 9.03. The summed E-state index contributed by atoms with van der Waals surface area (Å²) < 4.78 is 64.8. The molecule has 1 saturated heterocycles. The lowest BCUT2D eigenvalue weighted by Gasteiger charge is -2.51. The molecule has 0 saturated carbocycles. The number of ether oxygens (including phenoxy) is 9. The number of esters is 6. The van der Waals surface area contributed by atoms with Gasteiger partial charge in [0.05, 0.1) is 17.1 Å². The van der Waals surface area contributed by atoms with Crippen LogP contribution in [0.3, 0.4) is 0 Å². The van der Waals surface area contributed by atoms with E-state index in [1.165, 1.54) is 0 Å². The van der Waals surface area contributed by atoms with Crippen LogP contribution in [0.2, 0.25) is 0 Å². The molecular weight excluding hydrogens is 603 g/mol. The average molecular weight is 637 g/mol. The molecule has 8 atom stereocenters. The molecule has 0 aromatic heterocycles. The minimum absolute atomic E-state index is 0.0845. The number of thioether (sulfide) groups is 1. The number of rotatable bonds is 9. The lowest BCUT2D eigenvalue weighted by atomic mass is 9.92. The van der Waals surface area contributed by atoms with Crippen LogP contribution in [0.1, 0.15) is 48.0 Å². The molecule has 43 heavy (non-hydrogen) atoms. The van der Waals surface area contributed by atoms with Crippen LogP contribution in [0, 0.1) is 0 Å². The van der Waals surface area contributed by atoms with Crippen molar-refractivity contribution in [2.24, 2.45) is 0 Å². The summed E-state index contributed by atoms with van der Waals surface area (Å²) in [6.07, 6.45) is -10.5. The Kier molecular flexibility index (Phi) is 11.4. The molecule has 0 aromatic rings. The summed E-state index contributed by atoms with van der Waals surface area (Å²) in [4.78, 5) is 71.2. The Labute approximate surface area is 249 Å². The van der Waals surface area contributed by atoms with Gasteiger partial charge in [-0.2, -0.15) is 0 Å². The van der Waals surface area contributed by atoms with Gasteiger partial charge in [-0.25, -0.2) is 4.39 Å². The van der Waals surface area contributed by atoms with Gasteiger partial charge in [0.25, 0.3) is 0 Å². The molecule has 0 aromatic carbocycles. The van der Waals surface area contributed by atoms with Crippen LogP contribution in [-0.4, -0.2) is 104 Å². The van der Waals surface area contributed by atoms with Crippen LogP contribution in [0.25, 0.3) is 0 Å². The zero-order valence-electron chi connectivity index (χ0n) is 24.3. The normalized spacial score (nSPS) is 30.6. The van der Waals surface area contributed by atoms with E-state index >= 15 is 4.39 Å². The van der Waals surface area contributed by atoms with Crippen molar-refractivity contribution in [3.63, 3.8) is 0 Å². The Morgan fingerprint density at radius 2 is 1.51 bits per heavy atom. The van der Waals surface area contributed by atoms with Gasteiger partial charge in [-0.3, -0.25) is 28.8 Å². The lowest BCUT2D eigenvalue weighted by molar-refractivity contribution is -0.322. The fourth-order valence-corrected chi connectivity index (χ4v) is 5.82. The van der Waals surface area contributed by atoms with Crippen LogP contribution in [0.4, 0.5) is 4.39 Å². The first-order chi connectivity index (χ1) is 20.1. The maximum Gasteiger partial charge on any atom is 0.303 e. The van der Waals surface area contributed by atoms with Gasteiger partial charge in [0.1, 0.15) is 31.5 Å². The number of carbonyl (C=O) groups is 6. The SMILES string of the molecule is CC(=O)OCC1OC(F)C2=C(O[C@]3(CS2)CC(OC(C)=O)[C@@H](OC(C)=O)[C@@H]([C@@H](COC(C)=O)OC(C)=O)O3)C1OC(C)=O. The van der Waals surface area contributed by atoms with Crippen molar-refractivity contribution >= 4 is 47.6 Å². The van der Waals surface area contributed by atoms with Crippen molar-refractivity contribution in [3.05, 3.63) is 10.7 Å². The zero-order chi connectivity index (χ0) is 32.1. The maximum absolute atomic E-state index is 15.2. The van der Waals surface area contributed by atoms with Crippen molar-refractivity contribution in [1.29, 1.82) is 0 Å². The third-order valence-corrected chi connectivity index (χ3v) is 7.42. The molecule has 0 aliphatic carbocycles. The van der Waals surface area contributed by atoms with Crippen LogP contribution in [0.15, 0.2) is 10.7 Å². The smallest absolute Gasteiger partial charge is 0.303 e. The van der Waals surface area contributed by atoms with E-state index in [0.29, 0.717) is 0 Å². The Bertz CT molecular complexity index is 1160. The van der Waals surface area contributed by atoms with E-state index in [9.17, 15) is 28.8 Å². The van der Waals surface area contributed by atoms with Gasteiger partial charge in [0, 0.05) is 41.5 Å². The molecule has 3 aliphatic rings. The Morgan fingerprint density at radius 1 is 0.884 bits per heavy atom. The van der Waals surface area contributed by atoms with E-state index < -0.39 is 97.8 Å². The molecule has 4 unspecified atom stereocenters. The highest BCUT2D eigenvalue weighted by atomic mass is 32.2. The first kappa shape index (κ1) is 34.1. The molecular formula is C26H33FO15S. The molecule has 240 valence electrons. The van der Waals surface area contributed by atoms with Gasteiger partial charge < -0.3 is 42.6 Å². The highest BCUT2D eigenvalue weighted by molar-refractivity contribution is 8.03. The van der Waals surface area contributed by atoms with E-state index in [1.54, 1.807) is 0 Å². The van der Waals surface area contributed by atoms with Gasteiger partial charge in [0.15, 0.2) is 24.1 Å². The quantitative estimate of drug-likeness (QED) is 0.257. The zero-order valence-corrected chi connectivity index (χ0v) is 25.1. The summed E-state index contributed by atoms with van der Waals surface area (Å²) in [6.45, 7) is 5.62. The van der Waals surface area contributed by atoms with E-state index in [2.05, 4.69) is 0 Å². The molecule has 0 amide bonds. The highest BCUT2D eigenvalue weighted by Crippen LogP contribution is 2.49. The molecule has 0 bridgehead atoms. The average Bonchev–Trinajstić information content (AvgIpc) is 2.87. The lowest BCUT2D eigenvalue weighted by Crippen LogP contribution is -2.64. The number of hydrogen-bond acceptors (Lipinski definition) is 16. The molecule has 3 aliphatic heterocycles. The largest absolute Gasteiger partial charge is 0.463 e. The van der Waals surface area contributed by atoms with Gasteiger partial charge in [-0.15, -0.1) is 11.8 Å². The van der Waals surface area contributed by atoms with Gasteiger partial charge in [-0.1, -0.05) is 0 Å². The van der Waals surface area contributed by atoms with Crippen molar-refractivity contribution in [1.82, 2.24) is 0 Å². The second-order valence-electron chi connectivity index (χ2n) is 9.81. The molecule has 3 heterocycles. The first-order valence-electron chi connectivity index (χ1n) is 13.1. The van der Waals surface area contributed by atoms with E-state index in [-0.39, 0.29) is 22.8 Å².